The summed E-state index contributed by atoms with van der Waals surface area (Å²) in [5.41, 5.74) is -0.156. The molecule has 1 saturated heterocycles. The van der Waals surface area contributed by atoms with Crippen LogP contribution >= 0.6 is 0 Å². The summed E-state index contributed by atoms with van der Waals surface area (Å²) in [5, 5.41) is 0. The zero-order chi connectivity index (χ0) is 21.7. The molecule has 1 aromatic rings. The summed E-state index contributed by atoms with van der Waals surface area (Å²) in [6.45, 7) is 1.08. The maximum atomic E-state index is 13.3. The van der Waals surface area contributed by atoms with E-state index in [9.17, 15) is 4.79 Å². The van der Waals surface area contributed by atoms with Crippen LogP contribution in [-0.4, -0.2) is 61.8 Å². The van der Waals surface area contributed by atoms with Gasteiger partial charge in [-0.2, -0.15) is 0 Å². The van der Waals surface area contributed by atoms with Crippen molar-refractivity contribution in [1.82, 2.24) is 9.88 Å². The lowest BCUT2D eigenvalue weighted by Gasteiger charge is -2.55. The van der Waals surface area contributed by atoms with Crippen molar-refractivity contribution < 1.29 is 23.7 Å². The minimum Gasteiger partial charge on any atom is -0.493 e. The van der Waals surface area contributed by atoms with Crippen LogP contribution in [0.15, 0.2) is 18.3 Å². The summed E-state index contributed by atoms with van der Waals surface area (Å²) in [6.07, 6.45) is 11.8. The second-order valence-electron chi connectivity index (χ2n) is 9.26. The highest BCUT2D eigenvalue weighted by Crippen LogP contribution is 2.42. The van der Waals surface area contributed by atoms with Crippen LogP contribution < -0.4 is 4.74 Å². The molecule has 0 radical (unpaired) electrons. The van der Waals surface area contributed by atoms with Gasteiger partial charge in [-0.05, 0) is 37.2 Å². The number of hydrogen-bond donors (Lipinski definition) is 0. The summed E-state index contributed by atoms with van der Waals surface area (Å²) in [5.74, 6) is 2.36. The average Bonchev–Trinajstić information content (AvgIpc) is 3.56. The molecule has 1 amide bonds. The molecule has 31 heavy (non-hydrogen) atoms. The Morgan fingerprint density at radius 1 is 1.10 bits per heavy atom. The monoisotopic (exact) mass is 432 g/mol. The van der Waals surface area contributed by atoms with Crippen LogP contribution in [-0.2, 0) is 25.4 Å². The molecule has 0 N–H and O–H groups in total. The number of rotatable bonds is 14. The molecule has 172 valence electrons. The number of methoxy groups -OCH3 is 2. The molecule has 2 heterocycles. The number of carbonyl (C=O) groups excluding carboxylic acids is 1. The van der Waals surface area contributed by atoms with Gasteiger partial charge in [-0.3, -0.25) is 9.78 Å². The van der Waals surface area contributed by atoms with E-state index in [0.717, 1.165) is 49.1 Å². The molecule has 0 spiro atoms. The molecule has 2 saturated carbocycles. The Labute approximate surface area is 185 Å². The zero-order valence-corrected chi connectivity index (χ0v) is 18.9. The summed E-state index contributed by atoms with van der Waals surface area (Å²) in [6, 6.07) is 3.78. The number of nitrogens with zero attached hydrogens (tertiary/aromatic N) is 2. The SMILES string of the molecule is COCO[C@]1(Cc2cc(OCCC3CC3)ccn2)C(=O)N(COC)[C@H]1CCC1CCC1. The van der Waals surface area contributed by atoms with Crippen molar-refractivity contribution in [2.45, 2.75) is 69.4 Å². The summed E-state index contributed by atoms with van der Waals surface area (Å²) in [4.78, 5) is 19.6. The largest absolute Gasteiger partial charge is 0.493 e. The molecule has 1 aromatic heterocycles. The molecule has 0 unspecified atom stereocenters. The quantitative estimate of drug-likeness (QED) is 0.331. The molecule has 7 heteroatoms. The van der Waals surface area contributed by atoms with E-state index in [1.54, 1.807) is 25.3 Å². The predicted molar refractivity (Wildman–Crippen MR) is 116 cm³/mol. The van der Waals surface area contributed by atoms with Gasteiger partial charge in [0.25, 0.3) is 5.91 Å². The van der Waals surface area contributed by atoms with Gasteiger partial charge in [0.15, 0.2) is 5.60 Å². The van der Waals surface area contributed by atoms with Crippen molar-refractivity contribution in [1.29, 1.82) is 0 Å². The van der Waals surface area contributed by atoms with Gasteiger partial charge < -0.3 is 23.8 Å². The zero-order valence-electron chi connectivity index (χ0n) is 18.9. The van der Waals surface area contributed by atoms with E-state index in [0.29, 0.717) is 6.42 Å². The molecular weight excluding hydrogens is 396 g/mol. The van der Waals surface area contributed by atoms with Gasteiger partial charge in [0.05, 0.1) is 12.6 Å². The average molecular weight is 433 g/mol. The Morgan fingerprint density at radius 3 is 2.58 bits per heavy atom. The van der Waals surface area contributed by atoms with Crippen molar-refractivity contribution in [2.75, 3.05) is 34.4 Å². The maximum Gasteiger partial charge on any atom is 0.259 e. The number of carbonyl (C=O) groups is 1. The number of β-lactam (4-membered cyclic amide) rings is 1. The van der Waals surface area contributed by atoms with Crippen LogP contribution in [0.4, 0.5) is 0 Å². The van der Waals surface area contributed by atoms with E-state index in [1.807, 2.05) is 12.1 Å². The second kappa shape index (κ2) is 10.3. The molecule has 1 aliphatic heterocycles. The predicted octanol–water partition coefficient (Wildman–Crippen LogP) is 3.56. The minimum absolute atomic E-state index is 0.0445. The molecule has 0 aromatic carbocycles. The lowest BCUT2D eigenvalue weighted by molar-refractivity contribution is -0.234. The van der Waals surface area contributed by atoms with Gasteiger partial charge in [-0.25, -0.2) is 0 Å². The van der Waals surface area contributed by atoms with Gasteiger partial charge in [-0.15, -0.1) is 0 Å². The Morgan fingerprint density at radius 2 is 1.90 bits per heavy atom. The molecule has 3 fully saturated rings. The van der Waals surface area contributed by atoms with Crippen molar-refractivity contribution in [2.24, 2.45) is 11.8 Å². The third-order valence-electron chi connectivity index (χ3n) is 7.04. The fourth-order valence-electron chi connectivity index (χ4n) is 4.79. The Bertz CT molecular complexity index is 736. The van der Waals surface area contributed by atoms with Crippen LogP contribution in [0.5, 0.6) is 5.75 Å². The van der Waals surface area contributed by atoms with Crippen molar-refractivity contribution in [3.05, 3.63) is 24.0 Å². The minimum atomic E-state index is -0.960. The number of hydrogen-bond acceptors (Lipinski definition) is 6. The molecule has 0 bridgehead atoms. The first-order valence-electron chi connectivity index (χ1n) is 11.7. The smallest absolute Gasteiger partial charge is 0.259 e. The van der Waals surface area contributed by atoms with Crippen LogP contribution in [0, 0.1) is 11.8 Å². The van der Waals surface area contributed by atoms with Crippen LogP contribution in [0.2, 0.25) is 0 Å². The van der Waals surface area contributed by atoms with Crippen LogP contribution in [0.3, 0.4) is 0 Å². The van der Waals surface area contributed by atoms with Crippen molar-refractivity contribution in [3.63, 3.8) is 0 Å². The third kappa shape index (κ3) is 5.21. The van der Waals surface area contributed by atoms with Gasteiger partial charge in [0, 0.05) is 38.6 Å². The Kier molecular flexibility index (Phi) is 7.46. The van der Waals surface area contributed by atoms with E-state index in [1.165, 1.54) is 32.1 Å². The highest BCUT2D eigenvalue weighted by molar-refractivity contribution is 5.93. The van der Waals surface area contributed by atoms with Crippen molar-refractivity contribution >= 4 is 5.91 Å². The second-order valence-corrected chi connectivity index (χ2v) is 9.26. The van der Waals surface area contributed by atoms with Gasteiger partial charge in [0.2, 0.25) is 0 Å². The van der Waals surface area contributed by atoms with Gasteiger partial charge in [-0.1, -0.05) is 32.1 Å². The molecule has 7 nitrogen and oxygen atoms in total. The highest BCUT2D eigenvalue weighted by Gasteiger charge is 2.61. The molecular formula is C24H36N2O5. The van der Waals surface area contributed by atoms with Gasteiger partial charge in [0.1, 0.15) is 19.3 Å². The Hall–Kier alpha value is -1.70. The van der Waals surface area contributed by atoms with E-state index < -0.39 is 5.60 Å². The first-order valence-corrected chi connectivity index (χ1v) is 11.7. The fraction of sp³-hybridized carbons (Fsp3) is 0.750. The van der Waals surface area contributed by atoms with E-state index >= 15 is 0 Å². The number of pyridine rings is 1. The standard InChI is InChI=1S/C24H36N2O5/c1-28-16-26-22(9-8-18-4-3-5-18)24(23(26)27,31-17-29-2)15-20-14-21(10-12-25-20)30-13-11-19-6-7-19/h10,12,14,18-19,22H,3-9,11,13,15-17H2,1-2H3/t22-,24-/m0/s1. The number of likely N-dealkylation sites (tertiary alicyclic amines) is 1. The van der Waals surface area contributed by atoms with E-state index in [4.69, 9.17) is 18.9 Å². The number of aromatic nitrogens is 1. The van der Waals surface area contributed by atoms with Crippen LogP contribution in [0.1, 0.15) is 57.1 Å². The first kappa shape index (κ1) is 22.5. The van der Waals surface area contributed by atoms with Crippen LogP contribution in [0.25, 0.3) is 0 Å². The van der Waals surface area contributed by atoms with Gasteiger partial charge >= 0.3 is 0 Å². The topological polar surface area (TPSA) is 70.1 Å². The van der Waals surface area contributed by atoms with Crippen molar-refractivity contribution in [3.8, 4) is 5.75 Å². The first-order chi connectivity index (χ1) is 15.2. The lowest BCUT2D eigenvalue weighted by Crippen LogP contribution is -2.76. The molecule has 2 aliphatic carbocycles. The molecule has 2 atom stereocenters. The molecule has 3 aliphatic rings. The summed E-state index contributed by atoms with van der Waals surface area (Å²) >= 11 is 0. The lowest BCUT2D eigenvalue weighted by atomic mass is 9.73. The summed E-state index contributed by atoms with van der Waals surface area (Å²) < 4.78 is 22.6. The highest BCUT2D eigenvalue weighted by atomic mass is 16.7. The maximum absolute atomic E-state index is 13.3. The fourth-order valence-corrected chi connectivity index (χ4v) is 4.79. The van der Waals surface area contributed by atoms with E-state index in [2.05, 4.69) is 4.98 Å². The number of ether oxygens (including phenoxy) is 4. The third-order valence-corrected chi connectivity index (χ3v) is 7.04. The molecule has 4 rings (SSSR count). The number of amides is 1. The van der Waals surface area contributed by atoms with E-state index in [-0.39, 0.29) is 25.5 Å². The summed E-state index contributed by atoms with van der Waals surface area (Å²) in [7, 11) is 3.20. The normalized spacial score (nSPS) is 25.9. The Balaban J connectivity index is 1.47.